The number of nitrogens with zero attached hydrogens (tertiary/aromatic N) is 1. The van der Waals surface area contributed by atoms with E-state index in [0.717, 1.165) is 16.8 Å². The van der Waals surface area contributed by atoms with Gasteiger partial charge >= 0.3 is 5.69 Å². The first-order valence-electron chi connectivity index (χ1n) is 8.35. The van der Waals surface area contributed by atoms with Gasteiger partial charge in [0.25, 0.3) is 5.91 Å². The van der Waals surface area contributed by atoms with Crippen LogP contribution < -0.4 is 16.7 Å². The molecule has 0 unspecified atom stereocenters. The van der Waals surface area contributed by atoms with Crippen LogP contribution in [-0.2, 0) is 0 Å². The molecule has 5 N–H and O–H groups in total. The molecule has 0 aliphatic heterocycles. The highest BCUT2D eigenvalue weighted by atomic mass is 16.2. The summed E-state index contributed by atoms with van der Waals surface area (Å²) in [6, 6.07) is 14.4. The van der Waals surface area contributed by atoms with Crippen molar-refractivity contribution < 1.29 is 4.79 Å². The number of anilines is 2. The number of carbonyl (C=O) groups excluding carboxylic acids is 1. The molecule has 1 amide bonds. The number of hydrogen-bond acceptors (Lipinski definition) is 4. The van der Waals surface area contributed by atoms with Gasteiger partial charge in [-0.3, -0.25) is 9.78 Å². The molecule has 0 aliphatic rings. The van der Waals surface area contributed by atoms with Crippen LogP contribution in [0.4, 0.5) is 11.4 Å². The van der Waals surface area contributed by atoms with Crippen molar-refractivity contribution in [3.8, 4) is 11.3 Å². The Hall–Kier alpha value is -3.87. The topological polar surface area (TPSA) is 117 Å². The zero-order chi connectivity index (χ0) is 19.0. The summed E-state index contributed by atoms with van der Waals surface area (Å²) in [5.41, 5.74) is 11.3. The molecule has 2 heterocycles. The first kappa shape index (κ1) is 16.6. The minimum absolute atomic E-state index is 0.283. The quantitative estimate of drug-likeness (QED) is 0.421. The lowest BCUT2D eigenvalue weighted by atomic mass is 10.1. The van der Waals surface area contributed by atoms with Gasteiger partial charge in [-0.25, -0.2) is 4.79 Å². The van der Waals surface area contributed by atoms with Gasteiger partial charge in [-0.1, -0.05) is 12.1 Å². The third-order valence-electron chi connectivity index (χ3n) is 4.37. The van der Waals surface area contributed by atoms with Gasteiger partial charge < -0.3 is 21.0 Å². The highest BCUT2D eigenvalue weighted by Crippen LogP contribution is 2.22. The average molecular weight is 359 g/mol. The molecule has 4 rings (SSSR count). The molecule has 7 nitrogen and oxygen atoms in total. The normalized spacial score (nSPS) is 10.9. The van der Waals surface area contributed by atoms with E-state index < -0.39 is 0 Å². The molecular formula is C20H17N5O2. The van der Waals surface area contributed by atoms with Crippen LogP contribution >= 0.6 is 0 Å². The molecule has 0 spiro atoms. The molecule has 4 aromatic rings. The maximum absolute atomic E-state index is 12.5. The number of nitrogens with one attached hydrogen (secondary N) is 3. The number of pyridine rings is 1. The number of rotatable bonds is 3. The second-order valence-electron chi connectivity index (χ2n) is 6.30. The summed E-state index contributed by atoms with van der Waals surface area (Å²) in [4.78, 5) is 33.5. The Balaban J connectivity index is 1.54. The Morgan fingerprint density at radius 3 is 2.59 bits per heavy atom. The summed E-state index contributed by atoms with van der Waals surface area (Å²) in [6.07, 6.45) is 1.53. The van der Waals surface area contributed by atoms with Gasteiger partial charge in [0.2, 0.25) is 0 Å². The lowest BCUT2D eigenvalue weighted by molar-refractivity contribution is 0.102. The minimum atomic E-state index is -0.287. The smallest absolute Gasteiger partial charge is 0.323 e. The van der Waals surface area contributed by atoms with E-state index >= 15 is 0 Å². The number of nitrogens with two attached hydrogens (primary N) is 1. The van der Waals surface area contributed by atoms with Crippen LogP contribution in [0.3, 0.4) is 0 Å². The fourth-order valence-corrected chi connectivity index (χ4v) is 2.81. The molecule has 0 saturated carbocycles. The molecule has 0 aliphatic carbocycles. The lowest BCUT2D eigenvalue weighted by Crippen LogP contribution is -2.12. The van der Waals surface area contributed by atoms with E-state index in [4.69, 9.17) is 5.73 Å². The largest absolute Gasteiger partial charge is 0.398 e. The molecule has 0 fully saturated rings. The third-order valence-corrected chi connectivity index (χ3v) is 4.37. The zero-order valence-corrected chi connectivity index (χ0v) is 14.5. The van der Waals surface area contributed by atoms with Crippen molar-refractivity contribution in [3.63, 3.8) is 0 Å². The minimum Gasteiger partial charge on any atom is -0.398 e. The van der Waals surface area contributed by atoms with Crippen LogP contribution in [0.15, 0.2) is 59.5 Å². The summed E-state index contributed by atoms with van der Waals surface area (Å²) in [5, 5.41) is 2.80. The summed E-state index contributed by atoms with van der Waals surface area (Å²) in [5.74, 6) is -0.283. The number of benzene rings is 2. The van der Waals surface area contributed by atoms with E-state index in [1.165, 1.54) is 6.20 Å². The van der Waals surface area contributed by atoms with Crippen molar-refractivity contribution >= 4 is 28.3 Å². The molecule has 2 aromatic heterocycles. The van der Waals surface area contributed by atoms with Gasteiger partial charge in [-0.05, 0) is 48.9 Å². The predicted octanol–water partition coefficient (Wildman–Crippen LogP) is 3.06. The molecule has 27 heavy (non-hydrogen) atoms. The molecule has 2 aromatic carbocycles. The van der Waals surface area contributed by atoms with E-state index in [9.17, 15) is 9.59 Å². The van der Waals surface area contributed by atoms with E-state index in [-0.39, 0.29) is 11.6 Å². The van der Waals surface area contributed by atoms with E-state index in [2.05, 4.69) is 20.3 Å². The maximum Gasteiger partial charge on any atom is 0.323 e. The molecule has 7 heteroatoms. The van der Waals surface area contributed by atoms with Crippen LogP contribution in [0, 0.1) is 6.92 Å². The SMILES string of the molecule is Cc1ccc(-c2ccc(C(=O)Nc3ccc4[nH]c(=O)[nH]c4c3)cn2)cc1N. The number of aryl methyl sites for hydroxylation is 1. The maximum atomic E-state index is 12.5. The molecule has 0 atom stereocenters. The first-order chi connectivity index (χ1) is 13.0. The van der Waals surface area contributed by atoms with Gasteiger partial charge in [0.1, 0.15) is 0 Å². The Kier molecular flexibility index (Phi) is 3.97. The number of aromatic amines is 2. The van der Waals surface area contributed by atoms with Crippen molar-refractivity contribution in [3.05, 3.63) is 76.3 Å². The summed E-state index contributed by atoms with van der Waals surface area (Å²) < 4.78 is 0. The number of imidazole rings is 1. The molecule has 0 bridgehead atoms. The van der Waals surface area contributed by atoms with Gasteiger partial charge in [-0.2, -0.15) is 0 Å². The first-order valence-corrected chi connectivity index (χ1v) is 8.35. The zero-order valence-electron chi connectivity index (χ0n) is 14.5. The third kappa shape index (κ3) is 3.30. The fraction of sp³-hybridized carbons (Fsp3) is 0.0500. The Morgan fingerprint density at radius 2 is 1.85 bits per heavy atom. The van der Waals surface area contributed by atoms with Crippen LogP contribution in [0.25, 0.3) is 22.3 Å². The Labute approximate surface area is 154 Å². The number of hydrogen-bond donors (Lipinski definition) is 4. The number of nitrogen functional groups attached to an aromatic ring is 1. The van der Waals surface area contributed by atoms with Crippen molar-refractivity contribution in [1.29, 1.82) is 0 Å². The van der Waals surface area contributed by atoms with Crippen molar-refractivity contribution in [1.82, 2.24) is 15.0 Å². The van der Waals surface area contributed by atoms with Crippen LogP contribution in [0.1, 0.15) is 15.9 Å². The molecule has 134 valence electrons. The summed E-state index contributed by atoms with van der Waals surface area (Å²) >= 11 is 0. The highest BCUT2D eigenvalue weighted by Gasteiger charge is 2.09. The fourth-order valence-electron chi connectivity index (χ4n) is 2.81. The molecule has 0 saturated heterocycles. The second kappa shape index (κ2) is 6.45. The van der Waals surface area contributed by atoms with Crippen LogP contribution in [0.5, 0.6) is 0 Å². The monoisotopic (exact) mass is 359 g/mol. The lowest BCUT2D eigenvalue weighted by Gasteiger charge is -2.07. The van der Waals surface area contributed by atoms with Gasteiger partial charge in [0.05, 0.1) is 22.3 Å². The van der Waals surface area contributed by atoms with Crippen molar-refractivity contribution in [2.24, 2.45) is 0 Å². The number of aromatic nitrogens is 3. The Bertz CT molecular complexity index is 1210. The number of fused-ring (bicyclic) bond motifs is 1. The van der Waals surface area contributed by atoms with Gasteiger partial charge in [0, 0.05) is 23.1 Å². The summed E-state index contributed by atoms with van der Waals surface area (Å²) in [7, 11) is 0. The van der Waals surface area contributed by atoms with E-state index in [1.807, 2.05) is 25.1 Å². The number of H-pyrrole nitrogens is 2. The molecular weight excluding hydrogens is 342 g/mol. The second-order valence-corrected chi connectivity index (χ2v) is 6.30. The standard InChI is InChI=1S/C20H17N5O2/c1-11-2-3-12(8-15(11)21)16-6-4-13(10-22-16)19(26)23-14-5-7-17-18(9-14)25-20(27)24-17/h2-10H,21H2,1H3,(H,23,26)(H2,24,25,27). The van der Waals surface area contributed by atoms with Gasteiger partial charge in [-0.15, -0.1) is 0 Å². The van der Waals surface area contributed by atoms with Gasteiger partial charge in [0.15, 0.2) is 0 Å². The average Bonchev–Trinajstić information content (AvgIpc) is 3.03. The van der Waals surface area contributed by atoms with Crippen molar-refractivity contribution in [2.45, 2.75) is 6.92 Å². The highest BCUT2D eigenvalue weighted by molar-refractivity contribution is 6.04. The summed E-state index contributed by atoms with van der Waals surface area (Å²) in [6.45, 7) is 1.94. The molecule has 0 radical (unpaired) electrons. The van der Waals surface area contributed by atoms with Crippen LogP contribution in [0.2, 0.25) is 0 Å². The Morgan fingerprint density at radius 1 is 1.04 bits per heavy atom. The van der Waals surface area contributed by atoms with E-state index in [1.54, 1.807) is 30.3 Å². The number of amides is 1. The predicted molar refractivity (Wildman–Crippen MR) is 106 cm³/mol. The van der Waals surface area contributed by atoms with Crippen LogP contribution in [-0.4, -0.2) is 20.9 Å². The van der Waals surface area contributed by atoms with E-state index in [0.29, 0.717) is 28.0 Å². The number of carbonyl (C=O) groups is 1. The van der Waals surface area contributed by atoms with Crippen molar-refractivity contribution in [2.75, 3.05) is 11.1 Å².